The molecule has 19 heavy (non-hydrogen) atoms. The molecule has 1 rings (SSSR count). The van der Waals surface area contributed by atoms with Crippen molar-refractivity contribution in [3.05, 3.63) is 29.8 Å². The number of rotatable bonds is 4. The first-order valence-corrected chi connectivity index (χ1v) is 6.04. The number of alkyl carbamates (subject to hydrolysis) is 1. The monoisotopic (exact) mass is 265 g/mol. The van der Waals surface area contributed by atoms with Gasteiger partial charge < -0.3 is 20.0 Å². The maximum absolute atomic E-state index is 11.7. The van der Waals surface area contributed by atoms with Gasteiger partial charge in [0.15, 0.2) is 0 Å². The molecule has 5 nitrogen and oxygen atoms in total. The highest BCUT2D eigenvalue weighted by Gasteiger charge is 2.20. The van der Waals surface area contributed by atoms with E-state index in [0.29, 0.717) is 0 Å². The summed E-state index contributed by atoms with van der Waals surface area (Å²) in [5.41, 5.74) is 0.140. The van der Waals surface area contributed by atoms with E-state index >= 15 is 0 Å². The van der Waals surface area contributed by atoms with Crippen LogP contribution in [-0.2, 0) is 9.53 Å². The van der Waals surface area contributed by atoms with Crippen LogP contribution in [0.25, 0.3) is 0 Å². The first-order chi connectivity index (χ1) is 8.81. The topological polar surface area (TPSA) is 75.6 Å². The Balaban J connectivity index is 2.75. The van der Waals surface area contributed by atoms with Crippen molar-refractivity contribution >= 4 is 12.4 Å². The van der Waals surface area contributed by atoms with Crippen LogP contribution >= 0.6 is 0 Å². The number of phenolic OH excluding ortho intramolecular Hbond substituents is 1. The third-order valence-electron chi connectivity index (χ3n) is 2.32. The number of aldehydes is 1. The lowest BCUT2D eigenvalue weighted by Gasteiger charge is -2.23. The second kappa shape index (κ2) is 6.22. The van der Waals surface area contributed by atoms with Crippen LogP contribution in [0.3, 0.4) is 0 Å². The Morgan fingerprint density at radius 3 is 2.42 bits per heavy atom. The van der Waals surface area contributed by atoms with Crippen LogP contribution in [0.4, 0.5) is 4.79 Å². The molecule has 1 aromatic rings. The molecule has 0 fully saturated rings. The van der Waals surface area contributed by atoms with Crippen LogP contribution in [0.5, 0.6) is 5.75 Å². The first kappa shape index (κ1) is 15.0. The smallest absolute Gasteiger partial charge is 0.408 e. The van der Waals surface area contributed by atoms with E-state index in [2.05, 4.69) is 5.32 Å². The summed E-state index contributed by atoms with van der Waals surface area (Å²) in [7, 11) is 0. The molecule has 1 unspecified atom stereocenters. The van der Waals surface area contributed by atoms with E-state index < -0.39 is 17.7 Å². The number of carbonyl (C=O) groups is 2. The number of hydrogen-bond donors (Lipinski definition) is 2. The Morgan fingerprint density at radius 1 is 1.37 bits per heavy atom. The van der Waals surface area contributed by atoms with Crippen molar-refractivity contribution in [3.8, 4) is 5.75 Å². The van der Waals surface area contributed by atoms with Crippen LogP contribution in [0.1, 0.15) is 38.8 Å². The van der Waals surface area contributed by atoms with E-state index in [1.807, 2.05) is 0 Å². The highest BCUT2D eigenvalue weighted by atomic mass is 16.6. The summed E-state index contributed by atoms with van der Waals surface area (Å²) in [6, 6.07) is 5.85. The molecule has 104 valence electrons. The molecule has 0 heterocycles. The van der Waals surface area contributed by atoms with Gasteiger partial charge in [-0.3, -0.25) is 0 Å². The van der Waals surface area contributed by atoms with Gasteiger partial charge in [0.1, 0.15) is 17.6 Å². The minimum absolute atomic E-state index is 0.130. The van der Waals surface area contributed by atoms with E-state index in [4.69, 9.17) is 4.74 Å². The van der Waals surface area contributed by atoms with Gasteiger partial charge in [-0.15, -0.1) is 0 Å². The predicted molar refractivity (Wildman–Crippen MR) is 70.9 cm³/mol. The maximum atomic E-state index is 11.7. The molecule has 0 saturated heterocycles. The molecule has 1 atom stereocenters. The number of carbonyl (C=O) groups excluding carboxylic acids is 2. The summed E-state index contributed by atoms with van der Waals surface area (Å²) in [4.78, 5) is 22.4. The SMILES string of the molecule is CC(C)(C)OC(=O)NC(CC=O)c1ccc(O)cc1. The van der Waals surface area contributed by atoms with E-state index in [1.54, 1.807) is 32.9 Å². The molecule has 0 aromatic heterocycles. The number of benzene rings is 1. The summed E-state index contributed by atoms with van der Waals surface area (Å²) in [6.45, 7) is 5.30. The van der Waals surface area contributed by atoms with Crippen LogP contribution in [0.15, 0.2) is 24.3 Å². The Hall–Kier alpha value is -2.04. The molecule has 0 aliphatic carbocycles. The van der Waals surface area contributed by atoms with Gasteiger partial charge in [-0.05, 0) is 38.5 Å². The van der Waals surface area contributed by atoms with Gasteiger partial charge in [0.2, 0.25) is 0 Å². The minimum Gasteiger partial charge on any atom is -0.508 e. The van der Waals surface area contributed by atoms with Crippen molar-refractivity contribution in [3.63, 3.8) is 0 Å². The third kappa shape index (κ3) is 5.42. The molecule has 0 radical (unpaired) electrons. The highest BCUT2D eigenvalue weighted by molar-refractivity contribution is 5.69. The third-order valence-corrected chi connectivity index (χ3v) is 2.32. The molecular weight excluding hydrogens is 246 g/mol. The fourth-order valence-electron chi connectivity index (χ4n) is 1.53. The van der Waals surface area contributed by atoms with Crippen LogP contribution in [0, 0.1) is 0 Å². The fraction of sp³-hybridized carbons (Fsp3) is 0.429. The highest BCUT2D eigenvalue weighted by Crippen LogP contribution is 2.19. The zero-order valence-electron chi connectivity index (χ0n) is 11.3. The molecule has 0 aliphatic heterocycles. The van der Waals surface area contributed by atoms with Crippen LogP contribution < -0.4 is 5.32 Å². The largest absolute Gasteiger partial charge is 0.508 e. The molecule has 1 aromatic carbocycles. The number of aromatic hydroxyl groups is 1. The Labute approximate surface area is 112 Å². The number of amides is 1. The second-order valence-electron chi connectivity index (χ2n) is 5.19. The molecule has 0 aliphatic rings. The van der Waals surface area contributed by atoms with Gasteiger partial charge in [-0.25, -0.2) is 4.79 Å². The van der Waals surface area contributed by atoms with Gasteiger partial charge in [0.05, 0.1) is 6.04 Å². The lowest BCUT2D eigenvalue weighted by atomic mass is 10.0. The van der Waals surface area contributed by atoms with Crippen LogP contribution in [0.2, 0.25) is 0 Å². The number of hydrogen-bond acceptors (Lipinski definition) is 4. The van der Waals surface area contributed by atoms with Crippen molar-refractivity contribution in [1.82, 2.24) is 5.32 Å². The van der Waals surface area contributed by atoms with Gasteiger partial charge in [0.25, 0.3) is 0 Å². The van der Waals surface area contributed by atoms with E-state index in [9.17, 15) is 14.7 Å². The lowest BCUT2D eigenvalue weighted by Crippen LogP contribution is -2.35. The van der Waals surface area contributed by atoms with Gasteiger partial charge in [0, 0.05) is 6.42 Å². The van der Waals surface area contributed by atoms with Crippen LogP contribution in [-0.4, -0.2) is 23.1 Å². The number of nitrogens with one attached hydrogen (secondary N) is 1. The summed E-state index contributed by atoms with van der Waals surface area (Å²) in [6.07, 6.45) is 0.297. The fourth-order valence-corrected chi connectivity index (χ4v) is 1.53. The Kier molecular flexibility index (Phi) is 4.92. The van der Waals surface area contributed by atoms with Crippen molar-refractivity contribution < 1.29 is 19.4 Å². The second-order valence-corrected chi connectivity index (χ2v) is 5.19. The Bertz CT molecular complexity index is 434. The average Bonchev–Trinajstić information content (AvgIpc) is 2.27. The molecule has 5 heteroatoms. The van der Waals surface area contributed by atoms with Crippen molar-refractivity contribution in [2.75, 3.05) is 0 Å². The zero-order chi connectivity index (χ0) is 14.5. The number of phenols is 1. The lowest BCUT2D eigenvalue weighted by molar-refractivity contribution is -0.108. The minimum atomic E-state index is -0.592. The Morgan fingerprint density at radius 2 is 1.95 bits per heavy atom. The van der Waals surface area contributed by atoms with E-state index in [-0.39, 0.29) is 12.2 Å². The first-order valence-electron chi connectivity index (χ1n) is 6.04. The molecular formula is C14H19NO4. The van der Waals surface area contributed by atoms with Gasteiger partial charge in [-0.1, -0.05) is 12.1 Å². The number of ether oxygens (including phenoxy) is 1. The summed E-state index contributed by atoms with van der Waals surface area (Å²) in [5.74, 6) is 0.130. The summed E-state index contributed by atoms with van der Waals surface area (Å²) >= 11 is 0. The molecule has 0 saturated carbocycles. The van der Waals surface area contributed by atoms with Crippen molar-refractivity contribution in [2.45, 2.75) is 38.8 Å². The van der Waals surface area contributed by atoms with Crippen molar-refractivity contribution in [2.24, 2.45) is 0 Å². The quantitative estimate of drug-likeness (QED) is 0.820. The van der Waals surface area contributed by atoms with Gasteiger partial charge >= 0.3 is 6.09 Å². The van der Waals surface area contributed by atoms with Crippen molar-refractivity contribution in [1.29, 1.82) is 0 Å². The van der Waals surface area contributed by atoms with E-state index in [1.165, 1.54) is 12.1 Å². The summed E-state index contributed by atoms with van der Waals surface area (Å²) in [5, 5.41) is 11.9. The molecule has 2 N–H and O–H groups in total. The predicted octanol–water partition coefficient (Wildman–Crippen LogP) is 2.55. The van der Waals surface area contributed by atoms with E-state index in [0.717, 1.165) is 11.8 Å². The standard InChI is InChI=1S/C14H19NO4/c1-14(2,3)19-13(18)15-12(8-9-16)10-4-6-11(17)7-5-10/h4-7,9,12,17H,8H2,1-3H3,(H,15,18). The average molecular weight is 265 g/mol. The molecule has 1 amide bonds. The normalized spacial score (nSPS) is 12.6. The molecule has 0 bridgehead atoms. The van der Waals surface area contributed by atoms with Gasteiger partial charge in [-0.2, -0.15) is 0 Å². The maximum Gasteiger partial charge on any atom is 0.408 e. The zero-order valence-corrected chi connectivity index (χ0v) is 11.3. The molecule has 0 spiro atoms. The summed E-state index contributed by atoms with van der Waals surface area (Å²) < 4.78 is 5.14.